The number of oxime groups is 1. The lowest BCUT2D eigenvalue weighted by Gasteiger charge is -2.33. The van der Waals surface area contributed by atoms with Crippen LogP contribution >= 0.6 is 34.7 Å². The van der Waals surface area contributed by atoms with Crippen LogP contribution in [-0.2, 0) is 25.8 Å². The summed E-state index contributed by atoms with van der Waals surface area (Å²) in [6.07, 6.45) is 4.44. The predicted octanol–water partition coefficient (Wildman–Crippen LogP) is 6.01. The van der Waals surface area contributed by atoms with Crippen LogP contribution in [0.15, 0.2) is 28.6 Å². The molecule has 8 heteroatoms. The van der Waals surface area contributed by atoms with E-state index in [0.29, 0.717) is 53.0 Å². The minimum atomic E-state index is -0.293. The molecular weight excluding hydrogens is 442 g/mol. The fourth-order valence-corrected chi connectivity index (χ4v) is 6.21. The van der Waals surface area contributed by atoms with Crippen molar-refractivity contribution in [3.05, 3.63) is 32.7 Å². The van der Waals surface area contributed by atoms with Crippen molar-refractivity contribution >= 4 is 52.2 Å². The van der Waals surface area contributed by atoms with E-state index in [1.165, 1.54) is 23.5 Å². The van der Waals surface area contributed by atoms with Crippen molar-refractivity contribution in [2.45, 2.75) is 59.0 Å². The van der Waals surface area contributed by atoms with Crippen LogP contribution in [0.4, 0.5) is 0 Å². The number of carbonyl (C=O) groups is 2. The molecule has 2 heterocycles. The molecule has 3 rings (SSSR count). The molecule has 1 fully saturated rings. The van der Waals surface area contributed by atoms with Gasteiger partial charge in [-0.3, -0.25) is 9.59 Å². The normalized spacial score (nSPS) is 22.9. The first-order valence-corrected chi connectivity index (χ1v) is 12.8. The summed E-state index contributed by atoms with van der Waals surface area (Å²) in [6.45, 7) is 3.95. The molecule has 5 nitrogen and oxygen atoms in total. The van der Waals surface area contributed by atoms with Crippen LogP contribution in [-0.4, -0.2) is 29.0 Å². The maximum Gasteiger partial charge on any atom is 0.310 e. The quantitative estimate of drug-likeness (QED) is 0.265. The topological polar surface area (TPSA) is 65.0 Å². The first kappa shape index (κ1) is 23.4. The fraction of sp³-hybridized carbons (Fsp3) is 0.591. The van der Waals surface area contributed by atoms with Crippen LogP contribution in [0.3, 0.4) is 0 Å². The molecule has 0 radical (unpaired) electrons. The summed E-state index contributed by atoms with van der Waals surface area (Å²) < 4.78 is 6.38. The Labute approximate surface area is 191 Å². The van der Waals surface area contributed by atoms with Crippen LogP contribution < -0.4 is 0 Å². The molecule has 0 aromatic carbocycles. The number of nitrogens with zero attached hydrogens (tertiary/aromatic N) is 1. The molecule has 0 N–H and O–H groups in total. The number of hydrogen-bond acceptors (Lipinski definition) is 7. The van der Waals surface area contributed by atoms with E-state index < -0.39 is 0 Å². The molecule has 0 amide bonds. The van der Waals surface area contributed by atoms with Crippen molar-refractivity contribution in [2.24, 2.45) is 17.0 Å². The molecule has 1 saturated heterocycles. The van der Waals surface area contributed by atoms with E-state index in [1.807, 2.05) is 30.8 Å². The number of thiophene rings is 1. The molecular formula is C22H28ClNO4S2. The van der Waals surface area contributed by atoms with Gasteiger partial charge in [0.25, 0.3) is 0 Å². The molecule has 0 spiro atoms. The third-order valence-electron chi connectivity index (χ3n) is 5.41. The van der Waals surface area contributed by atoms with Crippen molar-refractivity contribution in [2.75, 3.05) is 11.5 Å². The molecule has 1 aliphatic heterocycles. The summed E-state index contributed by atoms with van der Waals surface area (Å²) in [5, 5.41) is 4.15. The standard InChI is InChI=1S/C22H28ClNO4S2/c1-3-5-21(26)28-19-11-16(15-6-4-9-29-13-15)10-18(25)22(19)14(2)24-27-12-17-7-8-20(23)30-17/h7-8,15-16H,3-6,9-13H2,1-2H3/b24-14-. The Hall–Kier alpha value is -1.31. The van der Waals surface area contributed by atoms with Gasteiger partial charge in [0.05, 0.1) is 15.6 Å². The average Bonchev–Trinajstić information content (AvgIpc) is 3.13. The van der Waals surface area contributed by atoms with Gasteiger partial charge >= 0.3 is 5.97 Å². The van der Waals surface area contributed by atoms with Gasteiger partial charge in [0.1, 0.15) is 5.76 Å². The van der Waals surface area contributed by atoms with Gasteiger partial charge in [-0.1, -0.05) is 23.7 Å². The minimum absolute atomic E-state index is 0.00913. The summed E-state index contributed by atoms with van der Waals surface area (Å²) >= 11 is 9.32. The molecule has 2 atom stereocenters. The lowest BCUT2D eigenvalue weighted by Crippen LogP contribution is -2.31. The third kappa shape index (κ3) is 6.34. The van der Waals surface area contributed by atoms with Gasteiger partial charge < -0.3 is 9.57 Å². The summed E-state index contributed by atoms with van der Waals surface area (Å²) in [4.78, 5) is 31.7. The van der Waals surface area contributed by atoms with Gasteiger partial charge in [0, 0.05) is 24.1 Å². The Morgan fingerprint density at radius 3 is 2.80 bits per heavy atom. The van der Waals surface area contributed by atoms with Crippen molar-refractivity contribution in [1.82, 2.24) is 0 Å². The van der Waals surface area contributed by atoms with E-state index in [-0.39, 0.29) is 24.3 Å². The first-order chi connectivity index (χ1) is 14.5. The summed E-state index contributed by atoms with van der Waals surface area (Å²) in [5.41, 5.74) is 0.863. The van der Waals surface area contributed by atoms with Crippen LogP contribution in [0, 0.1) is 11.8 Å². The van der Waals surface area contributed by atoms with E-state index in [9.17, 15) is 9.59 Å². The molecule has 164 valence electrons. The molecule has 1 aromatic rings. The van der Waals surface area contributed by atoms with Gasteiger partial charge in [-0.05, 0) is 61.7 Å². The van der Waals surface area contributed by atoms with E-state index >= 15 is 0 Å². The zero-order valence-corrected chi connectivity index (χ0v) is 19.8. The number of carbonyl (C=O) groups excluding carboxylic acids is 2. The summed E-state index contributed by atoms with van der Waals surface area (Å²) in [5.74, 6) is 3.14. The van der Waals surface area contributed by atoms with Crippen molar-refractivity contribution in [1.29, 1.82) is 0 Å². The van der Waals surface area contributed by atoms with Gasteiger partial charge in [-0.2, -0.15) is 11.8 Å². The predicted molar refractivity (Wildman–Crippen MR) is 123 cm³/mol. The molecule has 0 bridgehead atoms. The number of ketones is 1. The number of hydrogen-bond donors (Lipinski definition) is 0. The number of allylic oxidation sites excluding steroid dienone is 2. The van der Waals surface area contributed by atoms with Crippen molar-refractivity contribution < 1.29 is 19.2 Å². The van der Waals surface area contributed by atoms with E-state index in [0.717, 1.165) is 17.1 Å². The molecule has 1 aliphatic carbocycles. The van der Waals surface area contributed by atoms with Crippen LogP contribution in [0.2, 0.25) is 4.34 Å². The number of thioether (sulfide) groups is 1. The Kier molecular flexibility index (Phi) is 8.84. The number of rotatable bonds is 8. The second kappa shape index (κ2) is 11.3. The third-order valence-corrected chi connectivity index (χ3v) is 7.85. The number of esters is 1. The lowest BCUT2D eigenvalue weighted by molar-refractivity contribution is -0.140. The maximum absolute atomic E-state index is 13.1. The first-order valence-electron chi connectivity index (χ1n) is 10.4. The Morgan fingerprint density at radius 2 is 2.13 bits per heavy atom. The monoisotopic (exact) mass is 469 g/mol. The van der Waals surface area contributed by atoms with Crippen LogP contribution in [0.5, 0.6) is 0 Å². The summed E-state index contributed by atoms with van der Waals surface area (Å²) in [6, 6.07) is 3.69. The Balaban J connectivity index is 1.77. The molecule has 0 saturated carbocycles. The van der Waals surface area contributed by atoms with E-state index in [4.69, 9.17) is 21.2 Å². The van der Waals surface area contributed by atoms with Gasteiger partial charge in [-0.25, -0.2) is 0 Å². The van der Waals surface area contributed by atoms with Crippen LogP contribution in [0.25, 0.3) is 0 Å². The average molecular weight is 470 g/mol. The molecule has 2 aliphatic rings. The lowest BCUT2D eigenvalue weighted by atomic mass is 9.77. The molecule has 30 heavy (non-hydrogen) atoms. The smallest absolute Gasteiger partial charge is 0.310 e. The highest BCUT2D eigenvalue weighted by atomic mass is 35.5. The van der Waals surface area contributed by atoms with Crippen molar-refractivity contribution in [3.63, 3.8) is 0 Å². The van der Waals surface area contributed by atoms with E-state index in [1.54, 1.807) is 6.92 Å². The minimum Gasteiger partial charge on any atom is -0.430 e. The van der Waals surface area contributed by atoms with Gasteiger partial charge in [0.15, 0.2) is 12.4 Å². The van der Waals surface area contributed by atoms with Crippen LogP contribution in [0.1, 0.15) is 57.2 Å². The molecule has 1 aromatic heterocycles. The number of halogens is 1. The zero-order valence-electron chi connectivity index (χ0n) is 17.4. The highest BCUT2D eigenvalue weighted by Gasteiger charge is 2.36. The summed E-state index contributed by atoms with van der Waals surface area (Å²) in [7, 11) is 0. The molecule has 2 unspecified atom stereocenters. The fourth-order valence-electron chi connectivity index (χ4n) is 3.94. The van der Waals surface area contributed by atoms with Gasteiger partial charge in [0.2, 0.25) is 0 Å². The van der Waals surface area contributed by atoms with Gasteiger partial charge in [-0.15, -0.1) is 11.3 Å². The second-order valence-corrected chi connectivity index (χ2v) is 10.7. The zero-order chi connectivity index (χ0) is 21.5. The number of ether oxygens (including phenoxy) is 1. The Bertz CT molecular complexity index is 827. The largest absolute Gasteiger partial charge is 0.430 e. The maximum atomic E-state index is 13.1. The SMILES string of the molecule is CCCC(=O)OC1=C(/C(C)=N\OCc2ccc(Cl)s2)C(=O)CC(C2CCCSC2)C1. The van der Waals surface area contributed by atoms with Crippen molar-refractivity contribution in [3.8, 4) is 0 Å². The van der Waals surface area contributed by atoms with E-state index in [2.05, 4.69) is 5.16 Å². The number of Topliss-reactive ketones (excluding diaryl/α,β-unsaturated/α-hetero) is 1. The second-order valence-electron chi connectivity index (χ2n) is 7.75. The highest BCUT2D eigenvalue weighted by Crippen LogP contribution is 2.39. The Morgan fingerprint density at radius 1 is 1.30 bits per heavy atom. The highest BCUT2D eigenvalue weighted by molar-refractivity contribution is 7.99.